The Hall–Kier alpha value is -3.71. The first-order valence-electron chi connectivity index (χ1n) is 10.5. The van der Waals surface area contributed by atoms with E-state index < -0.39 is 0 Å². The van der Waals surface area contributed by atoms with E-state index in [-0.39, 0.29) is 6.04 Å². The largest absolute Gasteiger partial charge is 0.393 e. The van der Waals surface area contributed by atoms with E-state index >= 15 is 0 Å². The highest BCUT2D eigenvalue weighted by Gasteiger charge is 2.28. The Bertz CT molecular complexity index is 1070. The van der Waals surface area contributed by atoms with Gasteiger partial charge in [0.05, 0.1) is 6.04 Å². The Morgan fingerprint density at radius 1 is 0.774 bits per heavy atom. The summed E-state index contributed by atoms with van der Waals surface area (Å²) in [7, 11) is 0. The quantitative estimate of drug-likeness (QED) is 0.544. The zero-order valence-electron chi connectivity index (χ0n) is 17.2. The maximum atomic E-state index is 6.45. The van der Waals surface area contributed by atoms with Crippen molar-refractivity contribution in [2.75, 3.05) is 36.8 Å². The van der Waals surface area contributed by atoms with Crippen molar-refractivity contribution in [2.24, 2.45) is 0 Å². The van der Waals surface area contributed by atoms with Crippen LogP contribution in [0.3, 0.4) is 0 Å². The van der Waals surface area contributed by atoms with Crippen molar-refractivity contribution in [1.29, 1.82) is 0 Å². The summed E-state index contributed by atoms with van der Waals surface area (Å²) in [6.07, 6.45) is 6.83. The van der Waals surface area contributed by atoms with E-state index in [0.717, 1.165) is 32.0 Å². The Kier molecular flexibility index (Phi) is 5.33. The van der Waals surface area contributed by atoms with Gasteiger partial charge in [0.25, 0.3) is 0 Å². The summed E-state index contributed by atoms with van der Waals surface area (Å²) in [5.74, 6) is 1.45. The van der Waals surface area contributed by atoms with Gasteiger partial charge in [-0.05, 0) is 11.1 Å². The molecule has 5 rings (SSSR count). The lowest BCUT2D eigenvalue weighted by atomic mass is 9.96. The van der Waals surface area contributed by atoms with Crippen molar-refractivity contribution in [3.63, 3.8) is 0 Å². The fourth-order valence-electron chi connectivity index (χ4n) is 4.30. The lowest BCUT2D eigenvalue weighted by Gasteiger charge is -2.40. The van der Waals surface area contributed by atoms with Crippen LogP contribution in [0.2, 0.25) is 0 Å². The molecule has 1 aliphatic rings. The molecular formula is C24H25N7. The van der Waals surface area contributed by atoms with Gasteiger partial charge in [-0.1, -0.05) is 60.7 Å². The molecule has 1 fully saturated rings. The Labute approximate surface area is 181 Å². The number of benzene rings is 2. The van der Waals surface area contributed by atoms with E-state index in [2.05, 4.69) is 85.4 Å². The maximum Gasteiger partial charge on any atom is 0.166 e. The van der Waals surface area contributed by atoms with Gasteiger partial charge in [0.1, 0.15) is 18.3 Å². The molecule has 3 heterocycles. The number of piperazine rings is 1. The minimum Gasteiger partial charge on any atom is -0.393 e. The molecule has 0 aliphatic carbocycles. The smallest absolute Gasteiger partial charge is 0.166 e. The first-order valence-corrected chi connectivity index (χ1v) is 10.5. The second-order valence-electron chi connectivity index (χ2n) is 7.65. The first kappa shape index (κ1) is 19.3. The minimum atomic E-state index is 0.230. The molecule has 1 aliphatic heterocycles. The van der Waals surface area contributed by atoms with Crippen LogP contribution in [0.15, 0.2) is 85.7 Å². The molecule has 156 valence electrons. The third-order valence-corrected chi connectivity index (χ3v) is 5.80. The molecule has 31 heavy (non-hydrogen) atoms. The van der Waals surface area contributed by atoms with E-state index in [9.17, 15) is 0 Å². The highest BCUT2D eigenvalue weighted by Crippen LogP contribution is 2.31. The Morgan fingerprint density at radius 2 is 1.39 bits per heavy atom. The highest BCUT2D eigenvalue weighted by molar-refractivity contribution is 5.70. The molecule has 4 aromatic rings. The number of rotatable bonds is 5. The van der Waals surface area contributed by atoms with Crippen LogP contribution in [0, 0.1) is 0 Å². The molecule has 7 nitrogen and oxygen atoms in total. The molecule has 0 unspecified atom stereocenters. The molecule has 2 N–H and O–H groups in total. The fourth-order valence-corrected chi connectivity index (χ4v) is 4.30. The third-order valence-electron chi connectivity index (χ3n) is 5.80. The lowest BCUT2D eigenvalue weighted by molar-refractivity contribution is 0.212. The van der Waals surface area contributed by atoms with Crippen LogP contribution in [0.4, 0.5) is 11.5 Å². The van der Waals surface area contributed by atoms with Crippen LogP contribution in [0.5, 0.6) is 0 Å². The van der Waals surface area contributed by atoms with E-state index in [4.69, 9.17) is 5.73 Å². The molecule has 0 saturated carbocycles. The highest BCUT2D eigenvalue weighted by atomic mass is 15.3. The summed E-state index contributed by atoms with van der Waals surface area (Å²) in [5, 5.41) is 0. The SMILES string of the molecule is Nc1c(N2CCN(C(c3ccccc3)c3ccccc3)CC2)ncnc1-n1ccnc1. The number of imidazole rings is 1. The number of nitrogens with two attached hydrogens (primary N) is 1. The van der Waals surface area contributed by atoms with Gasteiger partial charge < -0.3 is 10.6 Å². The van der Waals surface area contributed by atoms with Crippen molar-refractivity contribution in [3.8, 4) is 5.82 Å². The lowest BCUT2D eigenvalue weighted by Crippen LogP contribution is -2.48. The van der Waals surface area contributed by atoms with Gasteiger partial charge in [0.15, 0.2) is 11.6 Å². The molecule has 1 saturated heterocycles. The van der Waals surface area contributed by atoms with Gasteiger partial charge >= 0.3 is 0 Å². The van der Waals surface area contributed by atoms with Gasteiger partial charge in [-0.2, -0.15) is 0 Å². The zero-order chi connectivity index (χ0) is 21.0. The third kappa shape index (κ3) is 3.87. The number of nitrogen functional groups attached to an aromatic ring is 1. The first-order chi connectivity index (χ1) is 15.3. The van der Waals surface area contributed by atoms with Crippen LogP contribution in [-0.4, -0.2) is 50.6 Å². The van der Waals surface area contributed by atoms with Crippen molar-refractivity contribution < 1.29 is 0 Å². The van der Waals surface area contributed by atoms with Gasteiger partial charge in [0.2, 0.25) is 0 Å². The number of aromatic nitrogens is 4. The van der Waals surface area contributed by atoms with Crippen LogP contribution in [0.1, 0.15) is 17.2 Å². The molecule has 2 aromatic heterocycles. The van der Waals surface area contributed by atoms with E-state index in [1.54, 1.807) is 18.9 Å². The topological polar surface area (TPSA) is 76.1 Å². The molecule has 0 radical (unpaired) electrons. The average Bonchev–Trinajstić information content (AvgIpc) is 3.36. The van der Waals surface area contributed by atoms with Crippen molar-refractivity contribution in [2.45, 2.75) is 6.04 Å². The summed E-state index contributed by atoms with van der Waals surface area (Å²) in [6.45, 7) is 3.53. The van der Waals surface area contributed by atoms with Crippen LogP contribution >= 0.6 is 0 Å². The molecule has 0 spiro atoms. The Balaban J connectivity index is 1.38. The molecule has 7 heteroatoms. The summed E-state index contributed by atoms with van der Waals surface area (Å²) < 4.78 is 1.82. The standard InChI is InChI=1S/C24H25N7/c25-21-23(27-17-28-24(21)31-12-11-26-18-31)30-15-13-29(14-16-30)22(19-7-3-1-4-8-19)20-9-5-2-6-10-20/h1-12,17-18,22H,13-16,25H2. The molecule has 0 amide bonds. The van der Waals surface area contributed by atoms with Gasteiger partial charge in [-0.25, -0.2) is 15.0 Å². The van der Waals surface area contributed by atoms with E-state index in [1.807, 2.05) is 10.8 Å². The van der Waals surface area contributed by atoms with E-state index in [1.165, 1.54) is 11.1 Å². The van der Waals surface area contributed by atoms with Crippen molar-refractivity contribution >= 4 is 11.5 Å². The van der Waals surface area contributed by atoms with Crippen molar-refractivity contribution in [3.05, 3.63) is 96.8 Å². The second-order valence-corrected chi connectivity index (χ2v) is 7.65. The average molecular weight is 412 g/mol. The summed E-state index contributed by atoms with van der Waals surface area (Å²) in [6, 6.07) is 21.7. The maximum absolute atomic E-state index is 6.45. The van der Waals surface area contributed by atoms with Crippen LogP contribution in [0.25, 0.3) is 5.82 Å². The summed E-state index contributed by atoms with van der Waals surface area (Å²) in [5.41, 5.74) is 9.66. The zero-order valence-corrected chi connectivity index (χ0v) is 17.2. The number of nitrogens with zero attached hydrogens (tertiary/aromatic N) is 6. The van der Waals surface area contributed by atoms with Gasteiger partial charge in [-0.3, -0.25) is 9.47 Å². The predicted octanol–water partition coefficient (Wildman–Crippen LogP) is 3.16. The van der Waals surface area contributed by atoms with Crippen LogP contribution < -0.4 is 10.6 Å². The summed E-state index contributed by atoms with van der Waals surface area (Å²) >= 11 is 0. The molecule has 0 atom stereocenters. The summed E-state index contributed by atoms with van der Waals surface area (Å²) in [4.78, 5) is 17.7. The van der Waals surface area contributed by atoms with E-state index in [0.29, 0.717) is 11.5 Å². The van der Waals surface area contributed by atoms with Gasteiger partial charge in [-0.15, -0.1) is 0 Å². The number of hydrogen-bond donors (Lipinski definition) is 1. The molecule has 0 bridgehead atoms. The molecule has 2 aromatic carbocycles. The normalized spacial score (nSPS) is 14.8. The molecular weight excluding hydrogens is 386 g/mol. The number of hydrogen-bond acceptors (Lipinski definition) is 6. The van der Waals surface area contributed by atoms with Crippen molar-refractivity contribution in [1.82, 2.24) is 24.4 Å². The predicted molar refractivity (Wildman–Crippen MR) is 122 cm³/mol. The van der Waals surface area contributed by atoms with Crippen LogP contribution in [-0.2, 0) is 0 Å². The fraction of sp³-hybridized carbons (Fsp3) is 0.208. The number of anilines is 2. The minimum absolute atomic E-state index is 0.230. The second kappa shape index (κ2) is 8.57. The monoisotopic (exact) mass is 411 g/mol. The van der Waals surface area contributed by atoms with Gasteiger partial charge in [0, 0.05) is 38.6 Å². The Morgan fingerprint density at radius 3 is 1.97 bits per heavy atom.